The highest BCUT2D eigenvalue weighted by molar-refractivity contribution is 5.78. The van der Waals surface area contributed by atoms with Crippen molar-refractivity contribution in [3.8, 4) is 0 Å². The molecule has 2 rings (SSSR count). The van der Waals surface area contributed by atoms with E-state index in [0.29, 0.717) is 19.6 Å². The number of aliphatic hydroxyl groups is 1. The molecule has 0 saturated heterocycles. The molecule has 1 amide bonds. The summed E-state index contributed by atoms with van der Waals surface area (Å²) < 4.78 is 13.2. The summed E-state index contributed by atoms with van der Waals surface area (Å²) in [6, 6.07) is 6.68. The Morgan fingerprint density at radius 1 is 1.30 bits per heavy atom. The number of hydrogen-bond donors (Lipinski definition) is 2. The molecule has 1 aliphatic rings. The Hall–Kier alpha value is -1.46. The van der Waals surface area contributed by atoms with Crippen LogP contribution in [-0.2, 0) is 10.2 Å². The first-order valence-corrected chi connectivity index (χ1v) is 8.45. The van der Waals surface area contributed by atoms with E-state index in [1.54, 1.807) is 0 Å². The number of nitrogens with zero attached hydrogens (tertiary/aromatic N) is 1. The van der Waals surface area contributed by atoms with Crippen molar-refractivity contribution in [2.45, 2.75) is 38.0 Å². The van der Waals surface area contributed by atoms with Crippen LogP contribution in [0.2, 0.25) is 0 Å². The monoisotopic (exact) mass is 322 g/mol. The van der Waals surface area contributed by atoms with Gasteiger partial charge in [0, 0.05) is 18.5 Å². The summed E-state index contributed by atoms with van der Waals surface area (Å²) in [6.45, 7) is 4.16. The summed E-state index contributed by atoms with van der Waals surface area (Å²) >= 11 is 0. The predicted molar refractivity (Wildman–Crippen MR) is 88.8 cm³/mol. The van der Waals surface area contributed by atoms with Crippen molar-refractivity contribution in [3.63, 3.8) is 0 Å². The summed E-state index contributed by atoms with van der Waals surface area (Å²) in [4.78, 5) is 14.1. The van der Waals surface area contributed by atoms with Crippen LogP contribution >= 0.6 is 0 Å². The molecule has 1 aromatic rings. The number of aliphatic hydroxyl groups excluding tert-OH is 1. The van der Waals surface area contributed by atoms with Crippen molar-refractivity contribution in [3.05, 3.63) is 35.6 Å². The van der Waals surface area contributed by atoms with Gasteiger partial charge in [0.15, 0.2) is 0 Å². The Morgan fingerprint density at radius 3 is 2.52 bits per heavy atom. The molecule has 23 heavy (non-hydrogen) atoms. The summed E-state index contributed by atoms with van der Waals surface area (Å²) in [7, 11) is 0. The van der Waals surface area contributed by atoms with Gasteiger partial charge in [-0.3, -0.25) is 9.69 Å². The smallest absolute Gasteiger partial charge is 0.234 e. The van der Waals surface area contributed by atoms with Gasteiger partial charge in [-0.25, -0.2) is 4.39 Å². The summed E-state index contributed by atoms with van der Waals surface area (Å²) in [5, 5.41) is 12.0. The van der Waals surface area contributed by atoms with Crippen molar-refractivity contribution in [1.82, 2.24) is 10.2 Å². The normalized spacial score (nSPS) is 16.7. The zero-order valence-corrected chi connectivity index (χ0v) is 13.9. The minimum Gasteiger partial charge on any atom is -0.395 e. The lowest BCUT2D eigenvalue weighted by molar-refractivity contribution is -0.122. The number of likely N-dealkylation sites (N-methyl/N-ethyl adjacent to an activating group) is 1. The lowest BCUT2D eigenvalue weighted by atomic mass is 9.79. The van der Waals surface area contributed by atoms with Crippen molar-refractivity contribution in [2.75, 3.05) is 32.8 Å². The van der Waals surface area contributed by atoms with E-state index in [-0.39, 0.29) is 23.7 Å². The SMILES string of the molecule is CCN(CCO)CC(=O)NCC1(c2ccc(F)cc2)CCCC1. The molecular formula is C18H27FN2O2. The molecule has 4 nitrogen and oxygen atoms in total. The maximum atomic E-state index is 13.2. The number of nitrogens with one attached hydrogen (secondary N) is 1. The molecule has 0 aliphatic heterocycles. The summed E-state index contributed by atoms with van der Waals surface area (Å²) in [5.74, 6) is -0.248. The van der Waals surface area contributed by atoms with Crippen LogP contribution in [0.1, 0.15) is 38.2 Å². The largest absolute Gasteiger partial charge is 0.395 e. The number of carbonyl (C=O) groups is 1. The lowest BCUT2D eigenvalue weighted by Crippen LogP contribution is -2.44. The standard InChI is InChI=1S/C18H27FN2O2/c1-2-21(11-12-22)13-17(23)20-14-18(9-3-4-10-18)15-5-7-16(19)8-6-15/h5-8,22H,2-4,9-14H2,1H3,(H,20,23). The quantitative estimate of drug-likeness (QED) is 0.770. The number of carbonyl (C=O) groups excluding carboxylic acids is 1. The van der Waals surface area contributed by atoms with Crippen LogP contribution < -0.4 is 5.32 Å². The van der Waals surface area contributed by atoms with Crippen LogP contribution in [0.25, 0.3) is 0 Å². The molecule has 0 aromatic heterocycles. The molecule has 0 spiro atoms. The fraction of sp³-hybridized carbons (Fsp3) is 0.611. The average Bonchev–Trinajstić information content (AvgIpc) is 3.03. The number of benzene rings is 1. The van der Waals surface area contributed by atoms with Crippen molar-refractivity contribution in [1.29, 1.82) is 0 Å². The third-order valence-corrected chi connectivity index (χ3v) is 4.87. The van der Waals surface area contributed by atoms with Gasteiger partial charge < -0.3 is 10.4 Å². The van der Waals surface area contributed by atoms with Gasteiger partial charge in [0.05, 0.1) is 13.2 Å². The first kappa shape index (κ1) is 17.9. The minimum absolute atomic E-state index is 0.0197. The second-order valence-electron chi connectivity index (χ2n) is 6.36. The number of halogens is 1. The van der Waals surface area contributed by atoms with E-state index in [2.05, 4.69) is 5.32 Å². The molecule has 0 bridgehead atoms. The van der Waals surface area contributed by atoms with Crippen LogP contribution in [-0.4, -0.2) is 48.7 Å². The van der Waals surface area contributed by atoms with Crippen LogP contribution in [0.5, 0.6) is 0 Å². The van der Waals surface area contributed by atoms with E-state index in [9.17, 15) is 9.18 Å². The molecule has 1 saturated carbocycles. The van der Waals surface area contributed by atoms with Crippen molar-refractivity contribution < 1.29 is 14.3 Å². The molecule has 2 N–H and O–H groups in total. The second-order valence-corrected chi connectivity index (χ2v) is 6.36. The zero-order chi connectivity index (χ0) is 16.7. The van der Waals surface area contributed by atoms with Gasteiger partial charge in [-0.1, -0.05) is 31.9 Å². The van der Waals surface area contributed by atoms with Crippen molar-refractivity contribution >= 4 is 5.91 Å². The van der Waals surface area contributed by atoms with Crippen LogP contribution in [0.4, 0.5) is 4.39 Å². The zero-order valence-electron chi connectivity index (χ0n) is 13.9. The minimum atomic E-state index is -0.228. The van der Waals surface area contributed by atoms with Crippen LogP contribution in [0, 0.1) is 5.82 Å². The van der Waals surface area contributed by atoms with E-state index in [1.807, 2.05) is 24.0 Å². The van der Waals surface area contributed by atoms with Crippen molar-refractivity contribution in [2.24, 2.45) is 0 Å². The molecule has 1 fully saturated rings. The third kappa shape index (κ3) is 4.75. The molecule has 0 radical (unpaired) electrons. The van der Waals surface area contributed by atoms with Gasteiger partial charge in [-0.15, -0.1) is 0 Å². The highest BCUT2D eigenvalue weighted by Crippen LogP contribution is 2.40. The summed E-state index contributed by atoms with van der Waals surface area (Å²) in [6.07, 6.45) is 4.32. The Morgan fingerprint density at radius 2 is 1.96 bits per heavy atom. The first-order valence-electron chi connectivity index (χ1n) is 8.45. The highest BCUT2D eigenvalue weighted by Gasteiger charge is 2.35. The third-order valence-electron chi connectivity index (χ3n) is 4.87. The fourth-order valence-electron chi connectivity index (χ4n) is 3.44. The van der Waals surface area contributed by atoms with Gasteiger partial charge in [-0.05, 0) is 37.1 Å². The van der Waals surface area contributed by atoms with Gasteiger partial charge in [0.1, 0.15) is 5.82 Å². The Bertz CT molecular complexity index is 498. The number of hydrogen-bond acceptors (Lipinski definition) is 3. The van der Waals surface area contributed by atoms with Gasteiger partial charge in [0.2, 0.25) is 5.91 Å². The highest BCUT2D eigenvalue weighted by atomic mass is 19.1. The van der Waals surface area contributed by atoms with Gasteiger partial charge in [-0.2, -0.15) is 0 Å². The molecule has 0 heterocycles. The van der Waals surface area contributed by atoms with Gasteiger partial charge >= 0.3 is 0 Å². The molecule has 1 aliphatic carbocycles. The van der Waals surface area contributed by atoms with E-state index in [0.717, 1.165) is 37.8 Å². The molecule has 0 atom stereocenters. The first-order chi connectivity index (χ1) is 11.1. The van der Waals surface area contributed by atoms with Gasteiger partial charge in [0.25, 0.3) is 0 Å². The number of amides is 1. The molecule has 0 unspecified atom stereocenters. The van der Waals surface area contributed by atoms with E-state index in [1.165, 1.54) is 12.1 Å². The maximum Gasteiger partial charge on any atom is 0.234 e. The van der Waals surface area contributed by atoms with E-state index < -0.39 is 0 Å². The van der Waals surface area contributed by atoms with Crippen LogP contribution in [0.15, 0.2) is 24.3 Å². The predicted octanol–water partition coefficient (Wildman–Crippen LogP) is 2.07. The average molecular weight is 322 g/mol. The Balaban J connectivity index is 1.97. The topological polar surface area (TPSA) is 52.6 Å². The Labute approximate surface area is 137 Å². The Kier molecular flexibility index (Phi) is 6.54. The lowest BCUT2D eigenvalue weighted by Gasteiger charge is -2.30. The fourth-order valence-corrected chi connectivity index (χ4v) is 3.44. The molecule has 1 aromatic carbocycles. The molecular weight excluding hydrogens is 295 g/mol. The number of rotatable bonds is 8. The van der Waals surface area contributed by atoms with E-state index in [4.69, 9.17) is 5.11 Å². The van der Waals surface area contributed by atoms with Crippen LogP contribution in [0.3, 0.4) is 0 Å². The molecule has 128 valence electrons. The van der Waals surface area contributed by atoms with E-state index >= 15 is 0 Å². The summed E-state index contributed by atoms with van der Waals surface area (Å²) in [5.41, 5.74) is 1.04. The maximum absolute atomic E-state index is 13.2. The molecule has 5 heteroatoms. The second kappa shape index (κ2) is 8.41.